The van der Waals surface area contributed by atoms with Crippen LogP contribution in [-0.2, 0) is 0 Å². The molecule has 0 amide bonds. The summed E-state index contributed by atoms with van der Waals surface area (Å²) in [6, 6.07) is 33.0. The summed E-state index contributed by atoms with van der Waals surface area (Å²) in [5.74, 6) is 0.0957. The van der Waals surface area contributed by atoms with E-state index in [1.54, 1.807) is 0 Å². The molecule has 0 bridgehead atoms. The van der Waals surface area contributed by atoms with Crippen molar-refractivity contribution in [3.8, 4) is 22.3 Å². The van der Waals surface area contributed by atoms with Gasteiger partial charge >= 0.3 is 0 Å². The number of carbonyl (C=O) groups is 1. The molecule has 3 heteroatoms. The first-order valence-corrected chi connectivity index (χ1v) is 11.4. The first kappa shape index (κ1) is 17.9. The van der Waals surface area contributed by atoms with E-state index in [0.29, 0.717) is 0 Å². The molecule has 0 spiro atoms. The maximum atomic E-state index is 13.2. The van der Waals surface area contributed by atoms with E-state index in [0.717, 1.165) is 77.1 Å². The van der Waals surface area contributed by atoms with Gasteiger partial charge in [-0.2, -0.15) is 0 Å². The molecule has 0 saturated heterocycles. The van der Waals surface area contributed by atoms with Gasteiger partial charge in [-0.25, -0.2) is 0 Å². The van der Waals surface area contributed by atoms with Gasteiger partial charge in [-0.05, 0) is 52.6 Å². The van der Waals surface area contributed by atoms with Crippen molar-refractivity contribution in [1.82, 2.24) is 4.98 Å². The van der Waals surface area contributed by atoms with E-state index in [2.05, 4.69) is 59.6 Å². The van der Waals surface area contributed by atoms with Gasteiger partial charge in [0.25, 0.3) is 0 Å². The summed E-state index contributed by atoms with van der Waals surface area (Å²) in [6.07, 6.45) is 0. The second kappa shape index (κ2) is 6.24. The minimum Gasteiger partial charge on any atom is -0.456 e. The molecule has 1 N–H and O–H groups in total. The fourth-order valence-electron chi connectivity index (χ4n) is 5.56. The number of aromatic amines is 1. The molecule has 34 heavy (non-hydrogen) atoms. The monoisotopic (exact) mass is 435 g/mol. The summed E-state index contributed by atoms with van der Waals surface area (Å²) < 4.78 is 6.11. The molecule has 2 aromatic heterocycles. The topological polar surface area (TPSA) is 46.0 Å². The van der Waals surface area contributed by atoms with Crippen LogP contribution in [0.3, 0.4) is 0 Å². The van der Waals surface area contributed by atoms with Crippen molar-refractivity contribution in [2.75, 3.05) is 0 Å². The highest BCUT2D eigenvalue weighted by molar-refractivity contribution is 6.29. The van der Waals surface area contributed by atoms with E-state index >= 15 is 0 Å². The van der Waals surface area contributed by atoms with Crippen molar-refractivity contribution in [2.45, 2.75) is 0 Å². The third-order valence-electron chi connectivity index (χ3n) is 7.18. The Bertz CT molecular complexity index is 1990. The summed E-state index contributed by atoms with van der Waals surface area (Å²) >= 11 is 0. The Morgan fingerprint density at radius 1 is 0.559 bits per heavy atom. The number of fused-ring (bicyclic) bond motifs is 10. The van der Waals surface area contributed by atoms with E-state index in [1.807, 2.05) is 42.5 Å². The van der Waals surface area contributed by atoms with Gasteiger partial charge in [-0.15, -0.1) is 0 Å². The van der Waals surface area contributed by atoms with Crippen molar-refractivity contribution >= 4 is 49.5 Å². The number of H-pyrrole nitrogens is 1. The number of hydrogen-bond acceptors (Lipinski definition) is 2. The van der Waals surface area contributed by atoms with Gasteiger partial charge in [0.2, 0.25) is 0 Å². The molecule has 0 radical (unpaired) electrons. The predicted octanol–water partition coefficient (Wildman–Crippen LogP) is 8.10. The summed E-state index contributed by atoms with van der Waals surface area (Å²) in [5.41, 5.74) is 9.54. The average Bonchev–Trinajstić information content (AvgIpc) is 3.53. The SMILES string of the molecule is O=C1c2ccccc2-c2ccc3c([nH]c4ccc(-c5ccc6c(c5)oc5ccccc56)cc43)c21. The number of benzene rings is 5. The molecular formula is C31H17NO2. The Hall–Kier alpha value is -4.63. The number of ketones is 1. The molecule has 2 heterocycles. The third-order valence-corrected chi connectivity index (χ3v) is 7.18. The van der Waals surface area contributed by atoms with Gasteiger partial charge in [0.05, 0.1) is 11.1 Å². The zero-order valence-corrected chi connectivity index (χ0v) is 18.1. The van der Waals surface area contributed by atoms with Crippen LogP contribution in [0, 0.1) is 0 Å². The van der Waals surface area contributed by atoms with E-state index in [1.165, 1.54) is 0 Å². The Morgan fingerprint density at radius 3 is 2.24 bits per heavy atom. The lowest BCUT2D eigenvalue weighted by Gasteiger charge is -2.03. The summed E-state index contributed by atoms with van der Waals surface area (Å²) in [7, 11) is 0. The van der Waals surface area contributed by atoms with E-state index in [9.17, 15) is 4.79 Å². The number of carbonyl (C=O) groups excluding carboxylic acids is 1. The van der Waals surface area contributed by atoms with E-state index < -0.39 is 0 Å². The normalized spacial score (nSPS) is 12.8. The minimum absolute atomic E-state index is 0.0957. The van der Waals surface area contributed by atoms with Crippen molar-refractivity contribution < 1.29 is 9.21 Å². The first-order valence-electron chi connectivity index (χ1n) is 11.4. The molecule has 0 aliphatic heterocycles. The molecule has 7 aromatic rings. The largest absolute Gasteiger partial charge is 0.456 e. The lowest BCUT2D eigenvalue weighted by atomic mass is 9.99. The maximum absolute atomic E-state index is 13.2. The lowest BCUT2D eigenvalue weighted by molar-refractivity contribution is 0.104. The van der Waals surface area contributed by atoms with Crippen LogP contribution >= 0.6 is 0 Å². The molecule has 3 nitrogen and oxygen atoms in total. The van der Waals surface area contributed by atoms with Gasteiger partial charge < -0.3 is 9.40 Å². The molecule has 1 aliphatic rings. The molecule has 0 unspecified atom stereocenters. The molecule has 5 aromatic carbocycles. The maximum Gasteiger partial charge on any atom is 0.196 e. The predicted molar refractivity (Wildman–Crippen MR) is 137 cm³/mol. The van der Waals surface area contributed by atoms with Crippen LogP contribution in [0.25, 0.3) is 66.0 Å². The number of furan rings is 1. The van der Waals surface area contributed by atoms with Crippen LogP contribution in [0.15, 0.2) is 101 Å². The summed E-state index contributed by atoms with van der Waals surface area (Å²) in [4.78, 5) is 16.8. The number of para-hydroxylation sites is 1. The Morgan fingerprint density at radius 2 is 1.29 bits per heavy atom. The van der Waals surface area contributed by atoms with Crippen molar-refractivity contribution in [3.63, 3.8) is 0 Å². The number of hydrogen-bond donors (Lipinski definition) is 1. The van der Waals surface area contributed by atoms with Crippen LogP contribution in [0.1, 0.15) is 15.9 Å². The van der Waals surface area contributed by atoms with Crippen LogP contribution in [-0.4, -0.2) is 10.8 Å². The number of rotatable bonds is 1. The highest BCUT2D eigenvalue weighted by Gasteiger charge is 2.29. The van der Waals surface area contributed by atoms with Gasteiger partial charge in [0.1, 0.15) is 11.2 Å². The number of nitrogens with one attached hydrogen (secondary N) is 1. The smallest absolute Gasteiger partial charge is 0.196 e. The lowest BCUT2D eigenvalue weighted by Crippen LogP contribution is -1.95. The second-order valence-corrected chi connectivity index (χ2v) is 8.98. The van der Waals surface area contributed by atoms with Crippen molar-refractivity contribution in [1.29, 1.82) is 0 Å². The molecule has 8 rings (SSSR count). The third kappa shape index (κ3) is 2.23. The van der Waals surface area contributed by atoms with Crippen molar-refractivity contribution in [2.24, 2.45) is 0 Å². The summed E-state index contributed by atoms with van der Waals surface area (Å²) in [6.45, 7) is 0. The molecule has 0 atom stereocenters. The number of aromatic nitrogens is 1. The molecule has 158 valence electrons. The molecule has 0 saturated carbocycles. The second-order valence-electron chi connectivity index (χ2n) is 8.98. The zero-order valence-electron chi connectivity index (χ0n) is 18.1. The average molecular weight is 435 g/mol. The Kier molecular flexibility index (Phi) is 3.28. The van der Waals surface area contributed by atoms with Crippen LogP contribution in [0.5, 0.6) is 0 Å². The van der Waals surface area contributed by atoms with Crippen LogP contribution < -0.4 is 0 Å². The van der Waals surface area contributed by atoms with Gasteiger partial charge in [0, 0.05) is 32.6 Å². The minimum atomic E-state index is 0.0957. The zero-order chi connectivity index (χ0) is 22.4. The standard InChI is InChI=1S/C31H17NO2/c33-31-24-7-2-1-5-19(24)22-12-13-23-25-15-17(10-14-26(25)32-30(23)29(22)31)18-9-11-21-20-6-3-4-8-27(20)34-28(21)16-18/h1-16,32H. The van der Waals surface area contributed by atoms with Gasteiger partial charge in [-0.3, -0.25) is 4.79 Å². The fraction of sp³-hybridized carbons (Fsp3) is 0. The van der Waals surface area contributed by atoms with Gasteiger partial charge in [-0.1, -0.05) is 66.7 Å². The summed E-state index contributed by atoms with van der Waals surface area (Å²) in [5, 5.41) is 4.45. The molecule has 0 fully saturated rings. The van der Waals surface area contributed by atoms with Crippen molar-refractivity contribution in [3.05, 3.63) is 108 Å². The molecule has 1 aliphatic carbocycles. The first-order chi connectivity index (χ1) is 16.8. The van der Waals surface area contributed by atoms with Crippen LogP contribution in [0.4, 0.5) is 0 Å². The fourth-order valence-corrected chi connectivity index (χ4v) is 5.56. The Labute approximate surface area is 194 Å². The Balaban J connectivity index is 1.33. The van der Waals surface area contributed by atoms with E-state index in [-0.39, 0.29) is 5.78 Å². The highest BCUT2D eigenvalue weighted by atomic mass is 16.3. The molecular weight excluding hydrogens is 418 g/mol. The van der Waals surface area contributed by atoms with E-state index in [4.69, 9.17) is 4.42 Å². The highest BCUT2D eigenvalue weighted by Crippen LogP contribution is 2.42. The van der Waals surface area contributed by atoms with Crippen LogP contribution in [0.2, 0.25) is 0 Å². The van der Waals surface area contributed by atoms with Gasteiger partial charge in [0.15, 0.2) is 5.78 Å². The quantitative estimate of drug-likeness (QED) is 0.283.